The zero-order chi connectivity index (χ0) is 21.0. The molecule has 0 saturated heterocycles. The summed E-state index contributed by atoms with van der Waals surface area (Å²) in [6.07, 6.45) is 9.71. The Bertz CT molecular complexity index is 980. The first-order chi connectivity index (χ1) is 13.2. The van der Waals surface area contributed by atoms with Crippen molar-refractivity contribution in [3.8, 4) is 12.3 Å². The third-order valence-electron chi connectivity index (χ3n) is 6.19. The van der Waals surface area contributed by atoms with Crippen LogP contribution < -0.4 is 0 Å². The minimum atomic E-state index is 0. The van der Waals surface area contributed by atoms with Crippen molar-refractivity contribution in [1.82, 2.24) is 0 Å². The average Bonchev–Trinajstić information content (AvgIpc) is 3.02. The van der Waals surface area contributed by atoms with E-state index in [1.807, 2.05) is 12.1 Å². The number of hydrogen-bond acceptors (Lipinski definition) is 0. The second-order valence-corrected chi connectivity index (χ2v) is 7.77. The number of benzene rings is 1. The van der Waals surface area contributed by atoms with Gasteiger partial charge in [-0.15, -0.1) is 35.3 Å². The standard InChI is InChI=1S/C19H19.C9H13.Fe/c1-6-17-7-9-18(10-8-17)11-12-19-15(4)13(2)14(3)16(19)5;1-6-5-7(2)9(4)8(6)3;/h1,7-12H,2-5H3;5H,1-4H3;/q2*-1;+2. The fraction of sp³-hybridized carbons (Fsp3) is 0.286. The van der Waals surface area contributed by atoms with Crippen molar-refractivity contribution < 1.29 is 17.1 Å². The second kappa shape index (κ2) is 10.5. The zero-order valence-corrected chi connectivity index (χ0v) is 20.1. The zero-order valence-electron chi connectivity index (χ0n) is 19.0. The minimum absolute atomic E-state index is 0. The van der Waals surface area contributed by atoms with Gasteiger partial charge in [-0.1, -0.05) is 79.0 Å². The largest absolute Gasteiger partial charge is 2.00 e. The maximum Gasteiger partial charge on any atom is 2.00 e. The normalized spacial score (nSPS) is 10.3. The minimum Gasteiger partial charge on any atom is -0.196 e. The van der Waals surface area contributed by atoms with E-state index in [1.54, 1.807) is 0 Å². The molecule has 0 unspecified atom stereocenters. The quantitative estimate of drug-likeness (QED) is 0.228. The van der Waals surface area contributed by atoms with E-state index in [0.717, 1.165) is 5.56 Å². The summed E-state index contributed by atoms with van der Waals surface area (Å²) >= 11 is 0. The smallest absolute Gasteiger partial charge is 0.196 e. The molecule has 0 N–H and O–H groups in total. The van der Waals surface area contributed by atoms with E-state index in [0.29, 0.717) is 0 Å². The van der Waals surface area contributed by atoms with Gasteiger partial charge in [0.2, 0.25) is 0 Å². The van der Waals surface area contributed by atoms with E-state index in [-0.39, 0.29) is 17.1 Å². The Morgan fingerprint density at radius 1 is 0.759 bits per heavy atom. The van der Waals surface area contributed by atoms with E-state index in [4.69, 9.17) is 6.42 Å². The molecule has 3 aromatic carbocycles. The Labute approximate surface area is 188 Å². The maximum absolute atomic E-state index is 5.36. The van der Waals surface area contributed by atoms with Gasteiger partial charge in [-0.3, -0.25) is 0 Å². The van der Waals surface area contributed by atoms with Crippen LogP contribution in [0.1, 0.15) is 61.2 Å². The van der Waals surface area contributed by atoms with Crippen molar-refractivity contribution >= 4 is 12.2 Å². The summed E-state index contributed by atoms with van der Waals surface area (Å²) < 4.78 is 0. The van der Waals surface area contributed by atoms with Gasteiger partial charge in [-0.2, -0.15) is 39.4 Å². The van der Waals surface area contributed by atoms with Gasteiger partial charge in [-0.25, -0.2) is 0 Å². The molecule has 0 nitrogen and oxygen atoms in total. The molecule has 29 heavy (non-hydrogen) atoms. The molecule has 3 rings (SSSR count). The van der Waals surface area contributed by atoms with Gasteiger partial charge in [0, 0.05) is 5.56 Å². The van der Waals surface area contributed by atoms with Crippen molar-refractivity contribution in [1.29, 1.82) is 0 Å². The number of terminal acetylenes is 1. The first-order valence-electron chi connectivity index (χ1n) is 9.85. The molecule has 0 aromatic heterocycles. The van der Waals surface area contributed by atoms with Gasteiger partial charge in [0.05, 0.1) is 0 Å². The van der Waals surface area contributed by atoms with Crippen LogP contribution in [0.25, 0.3) is 12.2 Å². The Hall–Kier alpha value is -2.26. The Morgan fingerprint density at radius 3 is 1.55 bits per heavy atom. The van der Waals surface area contributed by atoms with Gasteiger partial charge in [-0.05, 0) is 12.1 Å². The fourth-order valence-electron chi connectivity index (χ4n) is 3.50. The summed E-state index contributed by atoms with van der Waals surface area (Å²) in [4.78, 5) is 0. The number of aryl methyl sites for hydroxylation is 2. The average molecular weight is 424 g/mol. The third-order valence-corrected chi connectivity index (χ3v) is 6.19. The Kier molecular flexibility index (Phi) is 8.97. The van der Waals surface area contributed by atoms with Gasteiger partial charge >= 0.3 is 17.1 Å². The summed E-state index contributed by atoms with van der Waals surface area (Å²) in [7, 11) is 0. The van der Waals surface area contributed by atoms with Crippen LogP contribution in [0.15, 0.2) is 30.3 Å². The summed E-state index contributed by atoms with van der Waals surface area (Å²) in [5.74, 6) is 2.63. The van der Waals surface area contributed by atoms with Gasteiger partial charge < -0.3 is 0 Å². The third kappa shape index (κ3) is 5.63. The summed E-state index contributed by atoms with van der Waals surface area (Å²) in [5, 5.41) is 0. The van der Waals surface area contributed by atoms with E-state index in [9.17, 15) is 0 Å². The van der Waals surface area contributed by atoms with Crippen LogP contribution in [0.5, 0.6) is 0 Å². The van der Waals surface area contributed by atoms with E-state index >= 15 is 0 Å². The van der Waals surface area contributed by atoms with Crippen molar-refractivity contribution in [2.75, 3.05) is 0 Å². The van der Waals surface area contributed by atoms with Crippen LogP contribution in [-0.4, -0.2) is 0 Å². The number of rotatable bonds is 2. The molecule has 0 aliphatic heterocycles. The van der Waals surface area contributed by atoms with Gasteiger partial charge in [0.1, 0.15) is 0 Å². The van der Waals surface area contributed by atoms with E-state index < -0.39 is 0 Å². The molecule has 0 amide bonds. The molecule has 0 spiro atoms. The Balaban J connectivity index is 0.000000355. The maximum atomic E-state index is 5.36. The summed E-state index contributed by atoms with van der Waals surface area (Å²) in [6.45, 7) is 17.4. The predicted octanol–water partition coefficient (Wildman–Crippen LogP) is 7.43. The van der Waals surface area contributed by atoms with Crippen molar-refractivity contribution in [3.63, 3.8) is 0 Å². The molecule has 0 saturated carbocycles. The van der Waals surface area contributed by atoms with Crippen molar-refractivity contribution in [3.05, 3.63) is 91.5 Å². The Morgan fingerprint density at radius 2 is 1.21 bits per heavy atom. The summed E-state index contributed by atoms with van der Waals surface area (Å²) in [6, 6.07) is 10.3. The molecule has 152 valence electrons. The first-order valence-corrected chi connectivity index (χ1v) is 9.85. The topological polar surface area (TPSA) is 0 Å². The molecule has 0 atom stereocenters. The molecule has 0 fully saturated rings. The molecule has 1 heteroatoms. The monoisotopic (exact) mass is 424 g/mol. The van der Waals surface area contributed by atoms with Crippen LogP contribution in [0.2, 0.25) is 0 Å². The fourth-order valence-corrected chi connectivity index (χ4v) is 3.50. The van der Waals surface area contributed by atoms with Gasteiger partial charge in [0.25, 0.3) is 0 Å². The molecule has 0 aliphatic carbocycles. The van der Waals surface area contributed by atoms with Crippen LogP contribution in [0, 0.1) is 67.7 Å². The van der Waals surface area contributed by atoms with E-state index in [2.05, 4.69) is 91.7 Å². The van der Waals surface area contributed by atoms with Crippen molar-refractivity contribution in [2.45, 2.75) is 55.4 Å². The van der Waals surface area contributed by atoms with E-state index in [1.165, 1.54) is 55.6 Å². The first kappa shape index (κ1) is 24.8. The van der Waals surface area contributed by atoms with Gasteiger partial charge in [0.15, 0.2) is 0 Å². The molecule has 0 heterocycles. The molecular formula is C28H32Fe. The molecule has 0 aliphatic rings. The number of hydrogen-bond donors (Lipinski definition) is 0. The predicted molar refractivity (Wildman–Crippen MR) is 125 cm³/mol. The van der Waals surface area contributed by atoms with Crippen LogP contribution >= 0.6 is 0 Å². The van der Waals surface area contributed by atoms with Crippen molar-refractivity contribution in [2.24, 2.45) is 0 Å². The molecule has 3 aromatic rings. The van der Waals surface area contributed by atoms with Crippen LogP contribution in [0.3, 0.4) is 0 Å². The SMILES string of the molecule is C#Cc1ccc(C=C[c-]2c(C)c(C)c(C)c2C)cc1.Cc1[cH-]c(C)c(C)c1C.[Fe+2]. The molecular weight excluding hydrogens is 392 g/mol. The van der Waals surface area contributed by atoms with Crippen LogP contribution in [-0.2, 0) is 17.1 Å². The molecule has 0 bridgehead atoms. The second-order valence-electron chi connectivity index (χ2n) is 7.77. The molecule has 0 radical (unpaired) electrons. The summed E-state index contributed by atoms with van der Waals surface area (Å²) in [5.41, 5.74) is 14.8. The van der Waals surface area contributed by atoms with Crippen LogP contribution in [0.4, 0.5) is 0 Å².